The summed E-state index contributed by atoms with van der Waals surface area (Å²) in [6, 6.07) is 1.17. The monoisotopic (exact) mass is 224 g/mol. The van der Waals surface area contributed by atoms with Crippen molar-refractivity contribution in [3.63, 3.8) is 0 Å². The van der Waals surface area contributed by atoms with Crippen molar-refractivity contribution in [2.24, 2.45) is 5.92 Å². The van der Waals surface area contributed by atoms with Crippen molar-refractivity contribution in [2.45, 2.75) is 56.7 Å². The fraction of sp³-hybridized carbons (Fsp3) is 1.00. The molecular weight excluding hydrogens is 200 g/mol. The van der Waals surface area contributed by atoms with Crippen LogP contribution >= 0.6 is 0 Å². The van der Waals surface area contributed by atoms with Gasteiger partial charge in [-0.1, -0.05) is 12.8 Å². The molecule has 4 atom stereocenters. The first-order valence-electron chi connectivity index (χ1n) is 7.01. The second-order valence-electron chi connectivity index (χ2n) is 5.78. The molecule has 0 spiro atoms. The zero-order valence-electron chi connectivity index (χ0n) is 10.1. The molecule has 0 aromatic rings. The predicted octanol–water partition coefficient (Wildman–Crippen LogP) is 0.974. The molecule has 0 amide bonds. The average molecular weight is 224 g/mol. The molecule has 3 heteroatoms. The van der Waals surface area contributed by atoms with E-state index in [9.17, 15) is 5.11 Å². The Morgan fingerprint density at radius 1 is 0.938 bits per heavy atom. The molecule has 1 aliphatic carbocycles. The van der Waals surface area contributed by atoms with E-state index in [1.165, 1.54) is 45.1 Å². The lowest BCUT2D eigenvalue weighted by Gasteiger charge is -2.47. The number of rotatable bonds is 1. The molecule has 3 fully saturated rings. The fourth-order valence-electron chi connectivity index (χ4n) is 4.06. The molecule has 2 unspecified atom stereocenters. The maximum absolute atomic E-state index is 10.0. The van der Waals surface area contributed by atoms with Gasteiger partial charge in [0, 0.05) is 25.2 Å². The van der Waals surface area contributed by atoms with Crippen LogP contribution in [0.15, 0.2) is 0 Å². The van der Waals surface area contributed by atoms with E-state index in [2.05, 4.69) is 10.2 Å². The van der Waals surface area contributed by atoms with Crippen LogP contribution in [0.25, 0.3) is 0 Å². The van der Waals surface area contributed by atoms with Crippen LogP contribution in [0.3, 0.4) is 0 Å². The SMILES string of the molecule is OC1CNCC1N1CCC[C@H]2CCCC[C@H]21. The third-order valence-electron chi connectivity index (χ3n) is 4.86. The summed E-state index contributed by atoms with van der Waals surface area (Å²) in [7, 11) is 0. The van der Waals surface area contributed by atoms with Gasteiger partial charge in [0.2, 0.25) is 0 Å². The molecule has 0 aromatic heterocycles. The molecule has 3 rings (SSSR count). The highest BCUT2D eigenvalue weighted by atomic mass is 16.3. The van der Waals surface area contributed by atoms with Crippen LogP contribution in [0, 0.1) is 5.92 Å². The third kappa shape index (κ3) is 1.89. The smallest absolute Gasteiger partial charge is 0.0831 e. The Kier molecular flexibility index (Phi) is 3.18. The van der Waals surface area contributed by atoms with E-state index >= 15 is 0 Å². The second-order valence-corrected chi connectivity index (χ2v) is 5.78. The van der Waals surface area contributed by atoms with E-state index in [0.29, 0.717) is 6.04 Å². The first-order valence-corrected chi connectivity index (χ1v) is 7.01. The average Bonchev–Trinajstić information content (AvgIpc) is 2.75. The Balaban J connectivity index is 1.72. The van der Waals surface area contributed by atoms with Crippen LogP contribution in [0.1, 0.15) is 38.5 Å². The minimum absolute atomic E-state index is 0.138. The maximum Gasteiger partial charge on any atom is 0.0831 e. The van der Waals surface area contributed by atoms with Crippen molar-refractivity contribution < 1.29 is 5.11 Å². The van der Waals surface area contributed by atoms with Gasteiger partial charge in [0.05, 0.1) is 6.10 Å². The molecule has 2 heterocycles. The standard InChI is InChI=1S/C13H24N2O/c16-13-9-14-8-12(13)15-7-3-5-10-4-1-2-6-11(10)15/h10-14,16H,1-9H2/t10-,11-,12?,13?/m1/s1. The van der Waals surface area contributed by atoms with E-state index in [0.717, 1.165) is 25.0 Å². The Hall–Kier alpha value is -0.120. The van der Waals surface area contributed by atoms with Crippen molar-refractivity contribution >= 4 is 0 Å². The lowest BCUT2D eigenvalue weighted by Crippen LogP contribution is -2.55. The van der Waals surface area contributed by atoms with Crippen LogP contribution in [0.5, 0.6) is 0 Å². The number of hydrogen-bond acceptors (Lipinski definition) is 3. The Labute approximate surface area is 98.2 Å². The summed E-state index contributed by atoms with van der Waals surface area (Å²) < 4.78 is 0. The molecule has 0 aromatic carbocycles. The molecular formula is C13H24N2O. The Bertz CT molecular complexity index is 244. The number of piperidine rings is 1. The summed E-state index contributed by atoms with van der Waals surface area (Å²) in [5, 5.41) is 13.4. The van der Waals surface area contributed by atoms with Crippen molar-refractivity contribution in [3.05, 3.63) is 0 Å². The quantitative estimate of drug-likeness (QED) is 0.697. The number of β-amino-alcohol motifs (C(OH)–C–C–N with tert-alkyl or cyclic N) is 1. The van der Waals surface area contributed by atoms with Gasteiger partial charge in [-0.3, -0.25) is 4.90 Å². The summed E-state index contributed by atoms with van der Waals surface area (Å²) >= 11 is 0. The van der Waals surface area contributed by atoms with Crippen molar-refractivity contribution in [2.75, 3.05) is 19.6 Å². The second kappa shape index (κ2) is 4.63. The highest BCUT2D eigenvalue weighted by molar-refractivity contribution is 4.96. The minimum Gasteiger partial charge on any atom is -0.390 e. The first-order chi connectivity index (χ1) is 7.86. The largest absolute Gasteiger partial charge is 0.390 e. The van der Waals surface area contributed by atoms with Gasteiger partial charge in [0.25, 0.3) is 0 Å². The summed E-state index contributed by atoms with van der Waals surface area (Å²) in [5.41, 5.74) is 0. The lowest BCUT2D eigenvalue weighted by molar-refractivity contribution is -0.00734. The molecule has 2 saturated heterocycles. The van der Waals surface area contributed by atoms with Gasteiger partial charge in [-0.25, -0.2) is 0 Å². The van der Waals surface area contributed by atoms with Crippen LogP contribution in [-0.2, 0) is 0 Å². The number of hydrogen-bond donors (Lipinski definition) is 2. The van der Waals surface area contributed by atoms with E-state index in [-0.39, 0.29) is 6.10 Å². The van der Waals surface area contributed by atoms with Gasteiger partial charge >= 0.3 is 0 Å². The van der Waals surface area contributed by atoms with E-state index < -0.39 is 0 Å². The molecule has 3 aliphatic rings. The maximum atomic E-state index is 10.0. The summed E-state index contributed by atoms with van der Waals surface area (Å²) in [6.45, 7) is 2.99. The number of nitrogens with zero attached hydrogens (tertiary/aromatic N) is 1. The van der Waals surface area contributed by atoms with Crippen LogP contribution < -0.4 is 5.32 Å². The number of likely N-dealkylation sites (tertiary alicyclic amines) is 1. The van der Waals surface area contributed by atoms with E-state index in [4.69, 9.17) is 0 Å². The van der Waals surface area contributed by atoms with Gasteiger partial charge in [0.15, 0.2) is 0 Å². The van der Waals surface area contributed by atoms with Gasteiger partial charge in [0.1, 0.15) is 0 Å². The van der Waals surface area contributed by atoms with Crippen LogP contribution in [0.2, 0.25) is 0 Å². The fourth-order valence-corrected chi connectivity index (χ4v) is 4.06. The number of aliphatic hydroxyl groups is 1. The molecule has 92 valence electrons. The molecule has 1 saturated carbocycles. The van der Waals surface area contributed by atoms with Gasteiger partial charge in [-0.05, 0) is 38.1 Å². The zero-order valence-corrected chi connectivity index (χ0v) is 10.1. The summed E-state index contributed by atoms with van der Waals surface area (Å²) in [5.74, 6) is 0.926. The normalized spacial score (nSPS) is 45.6. The molecule has 16 heavy (non-hydrogen) atoms. The van der Waals surface area contributed by atoms with Gasteiger partial charge in [-0.15, -0.1) is 0 Å². The zero-order chi connectivity index (χ0) is 11.0. The third-order valence-corrected chi connectivity index (χ3v) is 4.86. The van der Waals surface area contributed by atoms with Crippen molar-refractivity contribution in [1.29, 1.82) is 0 Å². The molecule has 3 nitrogen and oxygen atoms in total. The summed E-state index contributed by atoms with van der Waals surface area (Å²) in [6.07, 6.45) is 8.25. The predicted molar refractivity (Wildman–Crippen MR) is 64.4 cm³/mol. The van der Waals surface area contributed by atoms with Crippen LogP contribution in [-0.4, -0.2) is 47.8 Å². The van der Waals surface area contributed by atoms with E-state index in [1.807, 2.05) is 0 Å². The highest BCUT2D eigenvalue weighted by Crippen LogP contribution is 2.36. The van der Waals surface area contributed by atoms with Crippen molar-refractivity contribution in [1.82, 2.24) is 10.2 Å². The molecule has 2 aliphatic heterocycles. The topological polar surface area (TPSA) is 35.5 Å². The number of aliphatic hydroxyl groups excluding tert-OH is 1. The molecule has 0 radical (unpaired) electrons. The number of fused-ring (bicyclic) bond motifs is 1. The first kappa shape index (κ1) is 11.0. The van der Waals surface area contributed by atoms with Gasteiger partial charge in [-0.2, -0.15) is 0 Å². The van der Waals surface area contributed by atoms with Gasteiger partial charge < -0.3 is 10.4 Å². The molecule has 2 N–H and O–H groups in total. The van der Waals surface area contributed by atoms with Crippen molar-refractivity contribution in [3.8, 4) is 0 Å². The lowest BCUT2D eigenvalue weighted by atomic mass is 9.77. The Morgan fingerprint density at radius 3 is 2.56 bits per heavy atom. The molecule has 0 bridgehead atoms. The minimum atomic E-state index is -0.138. The van der Waals surface area contributed by atoms with E-state index in [1.54, 1.807) is 0 Å². The highest BCUT2D eigenvalue weighted by Gasteiger charge is 2.40. The van der Waals surface area contributed by atoms with Crippen LogP contribution in [0.4, 0.5) is 0 Å². The Morgan fingerprint density at radius 2 is 1.75 bits per heavy atom. The number of nitrogens with one attached hydrogen (secondary N) is 1. The summed E-state index contributed by atoms with van der Waals surface area (Å²) in [4.78, 5) is 2.64.